The smallest absolute Gasteiger partial charge is 0.407 e. The number of carbonyl (C=O) groups excluding carboxylic acids is 4. The molecule has 0 saturated carbocycles. The molecular weight excluding hydrogens is 740 g/mol. The fourth-order valence-electron chi connectivity index (χ4n) is 7.01. The minimum absolute atomic E-state index is 0.163. The lowest BCUT2D eigenvalue weighted by Crippen LogP contribution is -2.51. The summed E-state index contributed by atoms with van der Waals surface area (Å²) in [6, 6.07) is 5.82. The first-order chi connectivity index (χ1) is 26.4. The van der Waals surface area contributed by atoms with Gasteiger partial charge in [-0.15, -0.1) is 0 Å². The van der Waals surface area contributed by atoms with Crippen molar-refractivity contribution in [2.45, 2.75) is 76.5 Å². The van der Waals surface area contributed by atoms with Crippen molar-refractivity contribution >= 4 is 46.1 Å². The number of H-pyrrole nitrogens is 2. The number of alkyl carbamates (subject to hydrolysis) is 2. The molecule has 0 bridgehead atoms. The lowest BCUT2D eigenvalue weighted by molar-refractivity contribution is -0.137. The summed E-state index contributed by atoms with van der Waals surface area (Å²) in [5.74, 6) is -2.11. The van der Waals surface area contributed by atoms with Crippen LogP contribution >= 0.6 is 0 Å². The van der Waals surface area contributed by atoms with Crippen molar-refractivity contribution in [1.82, 2.24) is 40.4 Å². The Hall–Kier alpha value is -5.86. The number of benzene rings is 2. The van der Waals surface area contributed by atoms with Gasteiger partial charge in [-0.2, -0.15) is 0 Å². The number of hydrogen-bond acceptors (Lipinski definition) is 8. The number of methoxy groups -OCH3 is 2. The SMILES string of the molecule is COC(=O)N[C@H](C(=O)N1CC(F)(F)C[C@H]1c1nc2cc(C#Cc3ccc4nc([C@@H]5CC(F)(F)CN5C(=O)[C@@H](NC(=O)OC)C(C)C)[nH]c4c3)ccc2[nH]1)C(C)C. The van der Waals surface area contributed by atoms with Gasteiger partial charge in [-0.25, -0.2) is 37.1 Å². The van der Waals surface area contributed by atoms with Gasteiger partial charge in [-0.05, 0) is 48.2 Å². The molecule has 2 fully saturated rings. The number of alkyl halides is 4. The van der Waals surface area contributed by atoms with Crippen LogP contribution in [0.25, 0.3) is 22.1 Å². The zero-order valence-electron chi connectivity index (χ0n) is 31.5. The molecule has 4 amide bonds. The normalized spacial score (nSPS) is 19.9. The quantitative estimate of drug-likeness (QED) is 0.136. The summed E-state index contributed by atoms with van der Waals surface area (Å²) in [5, 5.41) is 4.89. The highest BCUT2D eigenvalue weighted by molar-refractivity contribution is 5.88. The van der Waals surface area contributed by atoms with Gasteiger partial charge in [0.25, 0.3) is 11.8 Å². The Labute approximate surface area is 319 Å². The van der Waals surface area contributed by atoms with Gasteiger partial charge in [0.1, 0.15) is 23.7 Å². The Morgan fingerprint density at radius 3 is 1.64 bits per heavy atom. The third kappa shape index (κ3) is 8.36. The van der Waals surface area contributed by atoms with Gasteiger partial charge in [0.15, 0.2) is 0 Å². The van der Waals surface area contributed by atoms with Crippen molar-refractivity contribution in [3.63, 3.8) is 0 Å². The number of amides is 4. The minimum atomic E-state index is -3.18. The Balaban J connectivity index is 1.22. The molecule has 14 nitrogen and oxygen atoms in total. The zero-order valence-corrected chi connectivity index (χ0v) is 31.5. The fraction of sp³-hybridized carbons (Fsp3) is 0.474. The van der Waals surface area contributed by atoms with Crippen LogP contribution in [0.4, 0.5) is 27.2 Å². The molecule has 2 saturated heterocycles. The van der Waals surface area contributed by atoms with Crippen LogP contribution in [0.15, 0.2) is 36.4 Å². The van der Waals surface area contributed by atoms with Crippen LogP contribution < -0.4 is 10.6 Å². The van der Waals surface area contributed by atoms with E-state index in [1.165, 1.54) is 0 Å². The van der Waals surface area contributed by atoms with Crippen molar-refractivity contribution < 1.29 is 46.2 Å². The second-order valence-electron chi connectivity index (χ2n) is 14.8. The van der Waals surface area contributed by atoms with Crippen molar-refractivity contribution in [2.24, 2.45) is 11.8 Å². The number of halogens is 4. The molecule has 2 aromatic carbocycles. The summed E-state index contributed by atoms with van der Waals surface area (Å²) in [4.78, 5) is 68.1. The van der Waals surface area contributed by atoms with E-state index in [0.717, 1.165) is 24.0 Å². The highest BCUT2D eigenvalue weighted by Gasteiger charge is 2.51. The number of ether oxygens (including phenoxy) is 2. The number of nitrogens with zero attached hydrogens (tertiary/aromatic N) is 4. The van der Waals surface area contributed by atoms with Gasteiger partial charge in [0.2, 0.25) is 11.8 Å². The average Bonchev–Trinajstić information content (AvgIpc) is 3.92. The lowest BCUT2D eigenvalue weighted by atomic mass is 10.0. The maximum atomic E-state index is 14.8. The topological polar surface area (TPSA) is 175 Å². The molecule has 4 atom stereocenters. The summed E-state index contributed by atoms with van der Waals surface area (Å²) < 4.78 is 68.4. The Bertz CT molecular complexity index is 2070. The maximum absolute atomic E-state index is 14.8. The van der Waals surface area contributed by atoms with Gasteiger partial charge in [-0.1, -0.05) is 39.5 Å². The number of hydrogen-bond donors (Lipinski definition) is 4. The molecule has 0 aliphatic carbocycles. The zero-order chi connectivity index (χ0) is 40.7. The lowest BCUT2D eigenvalue weighted by Gasteiger charge is -2.29. The van der Waals surface area contributed by atoms with Crippen molar-refractivity contribution in [2.75, 3.05) is 27.3 Å². The Kier molecular flexibility index (Phi) is 10.9. The molecule has 2 aromatic heterocycles. The van der Waals surface area contributed by atoms with Crippen LogP contribution in [0.2, 0.25) is 0 Å². The first-order valence-electron chi connectivity index (χ1n) is 18.0. The second kappa shape index (κ2) is 15.3. The number of carbonyl (C=O) groups is 4. The van der Waals surface area contributed by atoms with Gasteiger partial charge in [0.05, 0.1) is 61.5 Å². The molecule has 0 unspecified atom stereocenters. The average molecular weight is 783 g/mol. The third-order valence-electron chi connectivity index (χ3n) is 9.87. The molecule has 56 heavy (non-hydrogen) atoms. The summed E-state index contributed by atoms with van der Waals surface area (Å²) in [6.45, 7) is 5.06. The second-order valence-corrected chi connectivity index (χ2v) is 14.8. The molecule has 18 heteroatoms. The first-order valence-corrected chi connectivity index (χ1v) is 18.0. The Morgan fingerprint density at radius 1 is 0.714 bits per heavy atom. The molecule has 6 rings (SSSR count). The number of aromatic amines is 2. The minimum Gasteiger partial charge on any atom is -0.453 e. The highest BCUT2D eigenvalue weighted by Crippen LogP contribution is 2.42. The fourth-order valence-corrected chi connectivity index (χ4v) is 7.01. The van der Waals surface area contributed by atoms with E-state index < -0.39 is 97.8 Å². The van der Waals surface area contributed by atoms with Crippen molar-refractivity contribution in [3.05, 3.63) is 59.2 Å². The number of aromatic nitrogens is 4. The van der Waals surface area contributed by atoms with E-state index in [2.05, 4.69) is 51.9 Å². The van der Waals surface area contributed by atoms with E-state index >= 15 is 0 Å². The largest absolute Gasteiger partial charge is 0.453 e. The van der Waals surface area contributed by atoms with Crippen LogP contribution in [0, 0.1) is 23.7 Å². The van der Waals surface area contributed by atoms with Gasteiger partial charge >= 0.3 is 12.2 Å². The van der Waals surface area contributed by atoms with E-state index in [1.807, 2.05) is 0 Å². The molecule has 0 spiro atoms. The molecule has 0 radical (unpaired) electrons. The monoisotopic (exact) mass is 782 g/mol. The summed E-state index contributed by atoms with van der Waals surface area (Å²) in [5.41, 5.74) is 3.06. The first kappa shape index (κ1) is 39.8. The van der Waals surface area contributed by atoms with Crippen LogP contribution in [0.1, 0.15) is 75.4 Å². The predicted molar refractivity (Wildman–Crippen MR) is 195 cm³/mol. The number of imidazole rings is 2. The van der Waals surface area contributed by atoms with Crippen molar-refractivity contribution in [1.29, 1.82) is 0 Å². The molecule has 2 aliphatic heterocycles. The number of fused-ring (bicyclic) bond motifs is 2. The van der Waals surface area contributed by atoms with Crippen LogP contribution in [0.5, 0.6) is 0 Å². The standard InChI is InChI=1S/C38H42F4N8O6/c1-19(2)29(47-35(53)55-5)33(51)49-17-37(39,40)15-27(49)31-43-23-11-9-21(13-25(23)45-31)7-8-22-10-12-24-26(14-22)46-32(44-24)28-16-38(41,42)18-50(28)34(52)30(20(3)4)48-36(54)56-6/h9-14,19-20,27-30H,15-18H2,1-6H3,(H,43,45)(H,44,46)(H,47,53)(H,48,54)/t27-,28-,29-,30-/m0/s1. The summed E-state index contributed by atoms with van der Waals surface area (Å²) in [6.07, 6.45) is -3.02. The Morgan fingerprint density at radius 2 is 1.16 bits per heavy atom. The molecule has 2 aliphatic rings. The third-order valence-corrected chi connectivity index (χ3v) is 9.87. The number of likely N-dealkylation sites (tertiary alicyclic amines) is 2. The van der Waals surface area contributed by atoms with Gasteiger partial charge < -0.3 is 39.9 Å². The molecular formula is C38H42F4N8O6. The van der Waals surface area contributed by atoms with Crippen LogP contribution in [0.3, 0.4) is 0 Å². The van der Waals surface area contributed by atoms with E-state index in [9.17, 15) is 36.7 Å². The predicted octanol–water partition coefficient (Wildman–Crippen LogP) is 5.42. The maximum Gasteiger partial charge on any atom is 0.407 e. The molecule has 4 N–H and O–H groups in total. The van der Waals surface area contributed by atoms with Gasteiger partial charge in [0, 0.05) is 24.0 Å². The van der Waals surface area contributed by atoms with Gasteiger partial charge in [-0.3, -0.25) is 9.59 Å². The summed E-state index contributed by atoms with van der Waals surface area (Å²) >= 11 is 0. The molecule has 298 valence electrons. The number of nitrogens with one attached hydrogen (secondary N) is 4. The summed E-state index contributed by atoms with van der Waals surface area (Å²) in [7, 11) is 2.29. The van der Waals surface area contributed by atoms with Crippen LogP contribution in [-0.4, -0.2) is 105 Å². The van der Waals surface area contributed by atoms with E-state index in [4.69, 9.17) is 0 Å². The highest BCUT2D eigenvalue weighted by atomic mass is 19.3. The van der Waals surface area contributed by atoms with E-state index in [1.54, 1.807) is 64.1 Å². The van der Waals surface area contributed by atoms with E-state index in [0.29, 0.717) is 33.2 Å². The molecule has 4 aromatic rings. The van der Waals surface area contributed by atoms with E-state index in [-0.39, 0.29) is 11.6 Å². The number of rotatable bonds is 8. The molecule has 4 heterocycles. The van der Waals surface area contributed by atoms with Crippen LogP contribution in [-0.2, 0) is 19.1 Å². The van der Waals surface area contributed by atoms with Crippen molar-refractivity contribution in [3.8, 4) is 11.8 Å².